The third-order valence-electron chi connectivity index (χ3n) is 4.87. The van der Waals surface area contributed by atoms with Gasteiger partial charge in [0.05, 0.1) is 18.1 Å². The number of sulfonamides is 1. The SMILES string of the molecule is Cc1ccc(S(=O)(=O)NC(c2ccc3c(c2)OCCCO3)C(C)C)cc1C. The van der Waals surface area contributed by atoms with Crippen molar-refractivity contribution in [1.29, 1.82) is 0 Å². The van der Waals surface area contributed by atoms with E-state index in [1.54, 1.807) is 12.1 Å². The normalized spacial score (nSPS) is 15.4. The van der Waals surface area contributed by atoms with Gasteiger partial charge in [0.15, 0.2) is 11.5 Å². The minimum absolute atomic E-state index is 0.0658. The summed E-state index contributed by atoms with van der Waals surface area (Å²) in [5.41, 5.74) is 2.88. The van der Waals surface area contributed by atoms with Gasteiger partial charge in [0.1, 0.15) is 0 Å². The quantitative estimate of drug-likeness (QED) is 0.835. The summed E-state index contributed by atoms with van der Waals surface area (Å²) in [5.74, 6) is 1.44. The largest absolute Gasteiger partial charge is 0.490 e. The summed E-state index contributed by atoms with van der Waals surface area (Å²) < 4.78 is 40.2. The molecule has 27 heavy (non-hydrogen) atoms. The van der Waals surface area contributed by atoms with Crippen LogP contribution in [0.1, 0.15) is 43.0 Å². The molecule has 1 heterocycles. The first-order valence-electron chi connectivity index (χ1n) is 9.27. The minimum Gasteiger partial charge on any atom is -0.490 e. The average Bonchev–Trinajstić information content (AvgIpc) is 2.86. The lowest BCUT2D eigenvalue weighted by molar-refractivity contribution is 0.297. The third kappa shape index (κ3) is 4.45. The number of benzene rings is 2. The van der Waals surface area contributed by atoms with E-state index in [1.165, 1.54) is 0 Å². The molecule has 0 saturated carbocycles. The van der Waals surface area contributed by atoms with Gasteiger partial charge in [-0.15, -0.1) is 0 Å². The molecule has 2 aromatic rings. The van der Waals surface area contributed by atoms with Crippen LogP contribution in [0.3, 0.4) is 0 Å². The van der Waals surface area contributed by atoms with Gasteiger partial charge in [0.2, 0.25) is 10.0 Å². The zero-order valence-corrected chi connectivity index (χ0v) is 17.1. The van der Waals surface area contributed by atoms with E-state index in [2.05, 4.69) is 4.72 Å². The van der Waals surface area contributed by atoms with Crippen LogP contribution in [-0.4, -0.2) is 21.6 Å². The molecule has 0 bridgehead atoms. The Balaban J connectivity index is 1.92. The number of rotatable bonds is 5. The van der Waals surface area contributed by atoms with E-state index in [0.717, 1.165) is 23.1 Å². The minimum atomic E-state index is -3.64. The van der Waals surface area contributed by atoms with Crippen LogP contribution in [0.5, 0.6) is 11.5 Å². The Morgan fingerprint density at radius 3 is 2.30 bits per heavy atom. The van der Waals surface area contributed by atoms with Crippen LogP contribution in [0.4, 0.5) is 0 Å². The van der Waals surface area contributed by atoms with Gasteiger partial charge in [-0.25, -0.2) is 13.1 Å². The number of nitrogens with one attached hydrogen (secondary N) is 1. The summed E-state index contributed by atoms with van der Waals surface area (Å²) in [4.78, 5) is 0.283. The summed E-state index contributed by atoms with van der Waals surface area (Å²) in [6.45, 7) is 9.09. The maximum Gasteiger partial charge on any atom is 0.241 e. The van der Waals surface area contributed by atoms with Crippen LogP contribution < -0.4 is 14.2 Å². The molecule has 0 amide bonds. The molecule has 0 saturated heterocycles. The first-order valence-corrected chi connectivity index (χ1v) is 10.8. The van der Waals surface area contributed by atoms with Crippen molar-refractivity contribution in [2.24, 2.45) is 5.92 Å². The van der Waals surface area contributed by atoms with Gasteiger partial charge in [0, 0.05) is 12.5 Å². The molecule has 1 aliphatic rings. The fraction of sp³-hybridized carbons (Fsp3) is 0.429. The fourth-order valence-electron chi connectivity index (χ4n) is 3.08. The number of aryl methyl sites for hydroxylation is 2. The average molecular weight is 390 g/mol. The highest BCUT2D eigenvalue weighted by atomic mass is 32.2. The number of ether oxygens (including phenoxy) is 2. The molecule has 0 aliphatic carbocycles. The second-order valence-electron chi connectivity index (χ2n) is 7.35. The maximum absolute atomic E-state index is 13.0. The van der Waals surface area contributed by atoms with E-state index >= 15 is 0 Å². The highest BCUT2D eigenvalue weighted by Crippen LogP contribution is 2.34. The zero-order chi connectivity index (χ0) is 19.6. The molecule has 0 aromatic heterocycles. The van der Waals surface area contributed by atoms with Crippen LogP contribution in [0.2, 0.25) is 0 Å². The van der Waals surface area contributed by atoms with Crippen molar-refractivity contribution in [3.8, 4) is 11.5 Å². The molecule has 2 aromatic carbocycles. The van der Waals surface area contributed by atoms with Crippen molar-refractivity contribution >= 4 is 10.0 Å². The van der Waals surface area contributed by atoms with E-state index in [0.29, 0.717) is 24.7 Å². The summed E-state index contributed by atoms with van der Waals surface area (Å²) in [5, 5.41) is 0. The highest BCUT2D eigenvalue weighted by molar-refractivity contribution is 7.89. The molecule has 146 valence electrons. The standard InChI is InChI=1S/C21H27NO4S/c1-14(2)21(17-7-9-19-20(13-17)26-11-5-10-25-19)22-27(23,24)18-8-6-15(3)16(4)12-18/h6-9,12-14,21-22H,5,10-11H2,1-4H3. The number of fused-ring (bicyclic) bond motifs is 1. The molecule has 1 unspecified atom stereocenters. The lowest BCUT2D eigenvalue weighted by atomic mass is 9.97. The molecule has 1 aliphatic heterocycles. The summed E-state index contributed by atoms with van der Waals surface area (Å²) >= 11 is 0. The lowest BCUT2D eigenvalue weighted by Gasteiger charge is -2.24. The monoisotopic (exact) mass is 389 g/mol. The van der Waals surface area contributed by atoms with Crippen LogP contribution in [0.15, 0.2) is 41.3 Å². The summed E-state index contributed by atoms with van der Waals surface area (Å²) in [6.07, 6.45) is 0.830. The Hall–Kier alpha value is -2.05. The van der Waals surface area contributed by atoms with E-state index in [1.807, 2.05) is 52.0 Å². The lowest BCUT2D eigenvalue weighted by Crippen LogP contribution is -2.32. The molecule has 5 nitrogen and oxygen atoms in total. The maximum atomic E-state index is 13.0. The van der Waals surface area contributed by atoms with E-state index in [4.69, 9.17) is 9.47 Å². The topological polar surface area (TPSA) is 64.6 Å². The molecule has 0 spiro atoms. The van der Waals surface area contributed by atoms with Crippen molar-refractivity contribution in [1.82, 2.24) is 4.72 Å². The zero-order valence-electron chi connectivity index (χ0n) is 16.3. The third-order valence-corrected chi connectivity index (χ3v) is 6.31. The first-order chi connectivity index (χ1) is 12.8. The van der Waals surface area contributed by atoms with Gasteiger partial charge in [-0.2, -0.15) is 0 Å². The summed E-state index contributed by atoms with van der Waals surface area (Å²) in [6, 6.07) is 10.5. The molecule has 0 fully saturated rings. The second-order valence-corrected chi connectivity index (χ2v) is 9.06. The van der Waals surface area contributed by atoms with Gasteiger partial charge < -0.3 is 9.47 Å². The predicted molar refractivity (Wildman–Crippen MR) is 106 cm³/mol. The van der Waals surface area contributed by atoms with Crippen LogP contribution in [-0.2, 0) is 10.0 Å². The highest BCUT2D eigenvalue weighted by Gasteiger charge is 2.25. The van der Waals surface area contributed by atoms with E-state index in [-0.39, 0.29) is 16.9 Å². The fourth-order valence-corrected chi connectivity index (χ4v) is 4.54. The van der Waals surface area contributed by atoms with E-state index < -0.39 is 10.0 Å². The van der Waals surface area contributed by atoms with Gasteiger partial charge in [-0.3, -0.25) is 0 Å². The number of hydrogen-bond donors (Lipinski definition) is 1. The van der Waals surface area contributed by atoms with Crippen molar-refractivity contribution in [2.75, 3.05) is 13.2 Å². The Labute approximate surface area is 161 Å². The second kappa shape index (κ2) is 7.90. The van der Waals surface area contributed by atoms with Crippen molar-refractivity contribution in [3.63, 3.8) is 0 Å². The molecule has 1 N–H and O–H groups in total. The first kappa shape index (κ1) is 19.7. The van der Waals surface area contributed by atoms with Gasteiger partial charge in [-0.1, -0.05) is 26.0 Å². The molecule has 0 radical (unpaired) electrons. The Bertz CT molecular complexity index is 922. The molecule has 3 rings (SSSR count). The van der Waals surface area contributed by atoms with Crippen LogP contribution in [0, 0.1) is 19.8 Å². The summed E-state index contributed by atoms with van der Waals surface area (Å²) in [7, 11) is -3.64. The number of hydrogen-bond acceptors (Lipinski definition) is 4. The van der Waals surface area contributed by atoms with E-state index in [9.17, 15) is 8.42 Å². The Morgan fingerprint density at radius 2 is 1.63 bits per heavy atom. The molecule has 1 atom stereocenters. The Morgan fingerprint density at radius 1 is 0.926 bits per heavy atom. The van der Waals surface area contributed by atoms with Gasteiger partial charge in [-0.05, 0) is 60.7 Å². The molecular weight excluding hydrogens is 362 g/mol. The predicted octanol–water partition coefficient (Wildman–Crippen LogP) is 4.14. The van der Waals surface area contributed by atoms with Crippen molar-refractivity contribution < 1.29 is 17.9 Å². The Kier molecular flexibility index (Phi) is 5.77. The van der Waals surface area contributed by atoms with Gasteiger partial charge >= 0.3 is 0 Å². The molecular formula is C21H27NO4S. The smallest absolute Gasteiger partial charge is 0.241 e. The van der Waals surface area contributed by atoms with Crippen LogP contribution in [0.25, 0.3) is 0 Å². The van der Waals surface area contributed by atoms with Crippen molar-refractivity contribution in [2.45, 2.75) is 45.1 Å². The van der Waals surface area contributed by atoms with Gasteiger partial charge in [0.25, 0.3) is 0 Å². The van der Waals surface area contributed by atoms with Crippen molar-refractivity contribution in [3.05, 3.63) is 53.1 Å². The molecule has 6 heteroatoms. The van der Waals surface area contributed by atoms with Crippen LogP contribution >= 0.6 is 0 Å².